The Morgan fingerprint density at radius 2 is 1.46 bits per heavy atom. The van der Waals surface area contributed by atoms with Gasteiger partial charge in [-0.25, -0.2) is 4.98 Å². The van der Waals surface area contributed by atoms with Gasteiger partial charge in [-0.2, -0.15) is 0 Å². The van der Waals surface area contributed by atoms with Gasteiger partial charge < -0.3 is 5.73 Å². The number of hydrogen-bond acceptors (Lipinski definition) is 5. The van der Waals surface area contributed by atoms with Gasteiger partial charge in [0.1, 0.15) is 0 Å². The molecule has 0 aliphatic carbocycles. The van der Waals surface area contributed by atoms with Gasteiger partial charge in [0.25, 0.3) is 0 Å². The largest absolute Gasteiger partial charge is 0.330 e. The average molecular weight is 377 g/mol. The maximum atomic E-state index is 6.26. The first-order valence-corrected chi connectivity index (χ1v) is 8.98. The molecule has 3 aromatic heterocycles. The molecule has 3 heterocycles. The van der Waals surface area contributed by atoms with E-state index in [9.17, 15) is 0 Å². The van der Waals surface area contributed by atoms with E-state index in [-0.39, 0.29) is 0 Å². The van der Waals surface area contributed by atoms with Crippen molar-refractivity contribution in [2.24, 2.45) is 5.73 Å². The molecule has 0 spiro atoms. The van der Waals surface area contributed by atoms with Gasteiger partial charge in [-0.05, 0) is 36.4 Å². The average Bonchev–Trinajstić information content (AvgIpc) is 2.60. The normalized spacial score (nSPS) is 10.8. The third-order valence-corrected chi connectivity index (χ3v) is 4.64. The van der Waals surface area contributed by atoms with E-state index < -0.39 is 0 Å². The van der Waals surface area contributed by atoms with E-state index in [0.717, 1.165) is 16.3 Å². The molecule has 0 aliphatic heterocycles. The molecule has 0 atom stereocenters. The molecule has 4 nitrogen and oxygen atoms in total. The first-order valence-electron chi connectivity index (χ1n) is 7.24. The predicted molar refractivity (Wildman–Crippen MR) is 100 cm³/mol. The van der Waals surface area contributed by atoms with Crippen LogP contribution in [0.15, 0.2) is 53.7 Å². The Morgan fingerprint density at radius 3 is 2.12 bits per heavy atom. The van der Waals surface area contributed by atoms with Crippen molar-refractivity contribution in [1.82, 2.24) is 15.0 Å². The van der Waals surface area contributed by atoms with Crippen LogP contribution in [0.1, 0.15) is 0 Å². The van der Waals surface area contributed by atoms with Crippen LogP contribution in [0.5, 0.6) is 0 Å². The SMILES string of the molecule is NCCSc1ccnc(-c2cc(Cl)cc(-c3cc(Cl)ccn3)n2)c1. The zero-order valence-electron chi connectivity index (χ0n) is 12.6. The molecule has 0 fully saturated rings. The molecular formula is C17H14Cl2N4S. The topological polar surface area (TPSA) is 64.7 Å². The van der Waals surface area contributed by atoms with Crippen molar-refractivity contribution in [2.45, 2.75) is 4.90 Å². The Kier molecular flexibility index (Phi) is 5.68. The summed E-state index contributed by atoms with van der Waals surface area (Å²) in [6, 6.07) is 11.0. The lowest BCUT2D eigenvalue weighted by Gasteiger charge is -2.07. The summed E-state index contributed by atoms with van der Waals surface area (Å²) in [7, 11) is 0. The lowest BCUT2D eigenvalue weighted by atomic mass is 10.2. The fourth-order valence-corrected chi connectivity index (χ4v) is 3.19. The first kappa shape index (κ1) is 17.2. The van der Waals surface area contributed by atoms with Crippen LogP contribution >= 0.6 is 35.0 Å². The minimum Gasteiger partial charge on any atom is -0.330 e. The van der Waals surface area contributed by atoms with E-state index in [1.165, 1.54) is 0 Å². The summed E-state index contributed by atoms with van der Waals surface area (Å²) in [6.07, 6.45) is 3.40. The molecule has 7 heteroatoms. The number of rotatable bonds is 5. The predicted octanol–water partition coefficient (Wildman–Crippen LogP) is 4.56. The van der Waals surface area contributed by atoms with Crippen LogP contribution in [0.25, 0.3) is 22.8 Å². The number of thioether (sulfide) groups is 1. The van der Waals surface area contributed by atoms with E-state index in [1.807, 2.05) is 12.1 Å². The molecule has 0 saturated carbocycles. The van der Waals surface area contributed by atoms with Gasteiger partial charge in [-0.3, -0.25) is 9.97 Å². The maximum Gasteiger partial charge on any atom is 0.0909 e. The molecule has 3 aromatic rings. The van der Waals surface area contributed by atoms with Gasteiger partial charge in [0.05, 0.1) is 22.8 Å². The Hall–Kier alpha value is -1.66. The Labute approximate surface area is 154 Å². The lowest BCUT2D eigenvalue weighted by molar-refractivity contribution is 1.14. The van der Waals surface area contributed by atoms with Crippen molar-refractivity contribution < 1.29 is 0 Å². The number of nitrogens with two attached hydrogens (primary N) is 1. The summed E-state index contributed by atoms with van der Waals surface area (Å²) >= 11 is 14.0. The highest BCUT2D eigenvalue weighted by atomic mass is 35.5. The fraction of sp³-hybridized carbons (Fsp3) is 0.118. The molecule has 24 heavy (non-hydrogen) atoms. The van der Waals surface area contributed by atoms with Crippen LogP contribution in [0.3, 0.4) is 0 Å². The molecule has 0 saturated heterocycles. The van der Waals surface area contributed by atoms with Gasteiger partial charge in [-0.15, -0.1) is 11.8 Å². The quantitative estimate of drug-likeness (QED) is 0.660. The van der Waals surface area contributed by atoms with Crippen molar-refractivity contribution in [2.75, 3.05) is 12.3 Å². The van der Waals surface area contributed by atoms with E-state index in [0.29, 0.717) is 33.7 Å². The van der Waals surface area contributed by atoms with E-state index >= 15 is 0 Å². The van der Waals surface area contributed by atoms with Crippen LogP contribution in [-0.2, 0) is 0 Å². The molecule has 122 valence electrons. The van der Waals surface area contributed by atoms with Crippen LogP contribution in [0, 0.1) is 0 Å². The zero-order valence-corrected chi connectivity index (χ0v) is 14.9. The standard InChI is InChI=1S/C17H14Cl2N4S/c18-11-1-4-21-14(7-11)16-8-12(19)9-17(23-16)15-10-13(2-5-22-15)24-6-3-20/h1-2,4-5,7-10H,3,6,20H2. The van der Waals surface area contributed by atoms with Gasteiger partial charge in [0.2, 0.25) is 0 Å². The Balaban J connectivity index is 2.00. The van der Waals surface area contributed by atoms with Gasteiger partial charge in [0, 0.05) is 39.6 Å². The Morgan fingerprint density at radius 1 is 0.833 bits per heavy atom. The summed E-state index contributed by atoms with van der Waals surface area (Å²) < 4.78 is 0. The summed E-state index contributed by atoms with van der Waals surface area (Å²) in [6.45, 7) is 0.627. The molecule has 0 aliphatic rings. The van der Waals surface area contributed by atoms with Crippen molar-refractivity contribution in [3.63, 3.8) is 0 Å². The second-order valence-electron chi connectivity index (χ2n) is 4.93. The minimum atomic E-state index is 0.568. The van der Waals surface area contributed by atoms with Gasteiger partial charge in [0.15, 0.2) is 0 Å². The second kappa shape index (κ2) is 7.94. The summed E-state index contributed by atoms with van der Waals surface area (Å²) in [5.74, 6) is 0.851. The van der Waals surface area contributed by atoms with Crippen LogP contribution < -0.4 is 5.73 Å². The monoisotopic (exact) mass is 376 g/mol. The molecule has 0 unspecified atom stereocenters. The molecule has 0 bridgehead atoms. The van der Waals surface area contributed by atoms with Gasteiger partial charge >= 0.3 is 0 Å². The van der Waals surface area contributed by atoms with Crippen molar-refractivity contribution in [1.29, 1.82) is 0 Å². The van der Waals surface area contributed by atoms with Crippen molar-refractivity contribution >= 4 is 35.0 Å². The smallest absolute Gasteiger partial charge is 0.0909 e. The van der Waals surface area contributed by atoms with Crippen molar-refractivity contribution in [3.05, 3.63) is 58.8 Å². The van der Waals surface area contributed by atoms with E-state index in [4.69, 9.17) is 28.9 Å². The second-order valence-corrected chi connectivity index (χ2v) is 6.97. The number of hydrogen-bond donors (Lipinski definition) is 1. The first-order chi connectivity index (χ1) is 11.7. The molecule has 0 aromatic carbocycles. The summed E-state index contributed by atoms with van der Waals surface area (Å²) in [4.78, 5) is 14.4. The third-order valence-electron chi connectivity index (χ3n) is 3.15. The molecule has 0 amide bonds. The number of aromatic nitrogens is 3. The molecule has 3 rings (SSSR count). The highest BCUT2D eigenvalue weighted by Gasteiger charge is 2.09. The van der Waals surface area contributed by atoms with Crippen LogP contribution in [0.2, 0.25) is 10.0 Å². The van der Waals surface area contributed by atoms with E-state index in [2.05, 4.69) is 15.0 Å². The maximum absolute atomic E-state index is 6.26. The molecule has 0 radical (unpaired) electrons. The van der Waals surface area contributed by atoms with Crippen molar-refractivity contribution in [3.8, 4) is 22.8 Å². The number of halogens is 2. The summed E-state index contributed by atoms with van der Waals surface area (Å²) in [5.41, 5.74) is 8.32. The Bertz CT molecular complexity index is 857. The third kappa shape index (κ3) is 4.24. The number of nitrogens with zero attached hydrogens (tertiary/aromatic N) is 3. The fourth-order valence-electron chi connectivity index (χ4n) is 2.12. The van der Waals surface area contributed by atoms with Crippen LogP contribution in [0.4, 0.5) is 0 Å². The van der Waals surface area contributed by atoms with Gasteiger partial charge in [-0.1, -0.05) is 23.2 Å². The minimum absolute atomic E-state index is 0.568. The zero-order chi connectivity index (χ0) is 16.9. The van der Waals surface area contributed by atoms with Crippen LogP contribution in [-0.4, -0.2) is 27.2 Å². The number of pyridine rings is 3. The molecular weight excluding hydrogens is 363 g/mol. The lowest BCUT2D eigenvalue weighted by Crippen LogP contribution is -2.01. The highest BCUT2D eigenvalue weighted by Crippen LogP contribution is 2.28. The summed E-state index contributed by atoms with van der Waals surface area (Å²) in [5, 5.41) is 1.17. The molecule has 2 N–H and O–H groups in total. The highest BCUT2D eigenvalue weighted by molar-refractivity contribution is 7.99. The van der Waals surface area contributed by atoms with E-state index in [1.54, 1.807) is 48.4 Å².